The second-order valence-electron chi connectivity index (χ2n) is 6.13. The lowest BCUT2D eigenvalue weighted by atomic mass is 10.1. The molecule has 130 valence electrons. The topological polar surface area (TPSA) is 98.5 Å². The highest BCUT2D eigenvalue weighted by molar-refractivity contribution is 6.01. The first-order chi connectivity index (χ1) is 12.6. The van der Waals surface area contributed by atoms with Gasteiger partial charge in [-0.05, 0) is 49.2 Å². The lowest BCUT2D eigenvalue weighted by Gasteiger charge is -2.06. The number of fused-ring (bicyclic) bond motifs is 1. The zero-order valence-corrected chi connectivity index (χ0v) is 14.4. The number of nitrogens with zero attached hydrogens (tertiary/aromatic N) is 2. The minimum absolute atomic E-state index is 0.346. The van der Waals surface area contributed by atoms with E-state index in [2.05, 4.69) is 50.7 Å². The number of aromatic amines is 2. The van der Waals surface area contributed by atoms with Crippen LogP contribution in [-0.4, -0.2) is 26.2 Å². The quantitative estimate of drug-likeness (QED) is 0.447. The van der Waals surface area contributed by atoms with Crippen LogP contribution in [0.1, 0.15) is 11.1 Å². The summed E-state index contributed by atoms with van der Waals surface area (Å²) in [5, 5.41) is 12.6. The van der Waals surface area contributed by atoms with Crippen molar-refractivity contribution in [2.24, 2.45) is 0 Å². The maximum Gasteiger partial charge on any atom is 0.323 e. The van der Waals surface area contributed by atoms with Gasteiger partial charge in [0.1, 0.15) is 0 Å². The number of imidazole rings is 1. The summed E-state index contributed by atoms with van der Waals surface area (Å²) < 4.78 is 0. The molecule has 26 heavy (non-hydrogen) atoms. The largest absolute Gasteiger partial charge is 0.337 e. The van der Waals surface area contributed by atoms with Crippen LogP contribution in [0.2, 0.25) is 0 Å². The summed E-state index contributed by atoms with van der Waals surface area (Å²) in [6.07, 6.45) is 1.63. The van der Waals surface area contributed by atoms with E-state index in [1.54, 1.807) is 6.20 Å². The molecule has 4 aromatic rings. The minimum Gasteiger partial charge on any atom is -0.337 e. The van der Waals surface area contributed by atoms with E-state index in [9.17, 15) is 4.79 Å². The molecule has 0 fully saturated rings. The summed E-state index contributed by atoms with van der Waals surface area (Å²) in [4.78, 5) is 20.1. The van der Waals surface area contributed by atoms with Crippen molar-refractivity contribution >= 4 is 28.4 Å². The van der Waals surface area contributed by atoms with Crippen molar-refractivity contribution in [3.63, 3.8) is 0 Å². The van der Waals surface area contributed by atoms with Gasteiger partial charge in [0.2, 0.25) is 0 Å². The number of hydrogen-bond donors (Lipinski definition) is 4. The minimum atomic E-state index is -0.346. The van der Waals surface area contributed by atoms with Crippen LogP contribution in [0, 0.1) is 13.8 Å². The third-order valence-corrected chi connectivity index (χ3v) is 4.24. The van der Waals surface area contributed by atoms with Gasteiger partial charge in [-0.2, -0.15) is 5.10 Å². The van der Waals surface area contributed by atoms with Gasteiger partial charge in [-0.1, -0.05) is 18.2 Å². The highest BCUT2D eigenvalue weighted by Gasteiger charge is 2.15. The number of aromatic nitrogens is 4. The standard InChI is InChI=1S/C19H18N6O/c1-11-8-14-15(9-12(11)2)23-18(22-14)17-16(10-20-25-17)24-19(26)21-13-6-4-3-5-7-13/h3-10H,1-2H3,(H,20,25)(H,22,23)(H2,21,24,26). The zero-order valence-electron chi connectivity index (χ0n) is 14.4. The molecular weight excluding hydrogens is 328 g/mol. The highest BCUT2D eigenvalue weighted by atomic mass is 16.2. The number of carbonyl (C=O) groups is 1. The summed E-state index contributed by atoms with van der Waals surface area (Å²) in [6.45, 7) is 4.11. The van der Waals surface area contributed by atoms with Crippen molar-refractivity contribution in [3.8, 4) is 11.5 Å². The van der Waals surface area contributed by atoms with Gasteiger partial charge < -0.3 is 15.6 Å². The molecule has 0 saturated carbocycles. The van der Waals surface area contributed by atoms with Gasteiger partial charge in [-0.25, -0.2) is 9.78 Å². The number of benzene rings is 2. The Balaban J connectivity index is 1.60. The fourth-order valence-electron chi connectivity index (χ4n) is 2.75. The van der Waals surface area contributed by atoms with Crippen molar-refractivity contribution in [2.45, 2.75) is 13.8 Å². The normalized spacial score (nSPS) is 10.8. The molecule has 0 aliphatic heterocycles. The van der Waals surface area contributed by atoms with Gasteiger partial charge >= 0.3 is 6.03 Å². The summed E-state index contributed by atoms with van der Waals surface area (Å²) in [6, 6.07) is 13.0. The molecule has 0 aliphatic carbocycles. The molecule has 0 radical (unpaired) electrons. The predicted octanol–water partition coefficient (Wildman–Crippen LogP) is 4.21. The number of carbonyl (C=O) groups excluding carboxylic acids is 1. The van der Waals surface area contributed by atoms with E-state index in [0.717, 1.165) is 11.0 Å². The maximum absolute atomic E-state index is 12.2. The van der Waals surface area contributed by atoms with E-state index in [-0.39, 0.29) is 6.03 Å². The van der Waals surface area contributed by atoms with Crippen LogP contribution < -0.4 is 10.6 Å². The van der Waals surface area contributed by atoms with Crippen LogP contribution in [0.25, 0.3) is 22.6 Å². The predicted molar refractivity (Wildman–Crippen MR) is 102 cm³/mol. The molecule has 7 nitrogen and oxygen atoms in total. The van der Waals surface area contributed by atoms with Crippen LogP contribution in [0.15, 0.2) is 48.7 Å². The van der Waals surface area contributed by atoms with Crippen LogP contribution in [0.3, 0.4) is 0 Å². The number of H-pyrrole nitrogens is 2. The molecule has 7 heteroatoms. The monoisotopic (exact) mass is 346 g/mol. The van der Waals surface area contributed by atoms with E-state index < -0.39 is 0 Å². The highest BCUT2D eigenvalue weighted by Crippen LogP contribution is 2.26. The van der Waals surface area contributed by atoms with Gasteiger partial charge in [0.25, 0.3) is 0 Å². The Morgan fingerprint density at radius 1 is 1.04 bits per heavy atom. The number of para-hydroxylation sites is 1. The van der Waals surface area contributed by atoms with E-state index >= 15 is 0 Å². The van der Waals surface area contributed by atoms with Crippen molar-refractivity contribution < 1.29 is 4.79 Å². The second kappa shape index (κ2) is 6.36. The third kappa shape index (κ3) is 3.02. The van der Waals surface area contributed by atoms with Crippen molar-refractivity contribution in [1.29, 1.82) is 0 Å². The van der Waals surface area contributed by atoms with Gasteiger partial charge in [-0.3, -0.25) is 5.10 Å². The molecule has 2 aromatic heterocycles. The average molecular weight is 346 g/mol. The van der Waals surface area contributed by atoms with Gasteiger partial charge in [0, 0.05) is 11.9 Å². The summed E-state index contributed by atoms with van der Waals surface area (Å²) in [7, 11) is 0. The van der Waals surface area contributed by atoms with Crippen LogP contribution >= 0.6 is 0 Å². The smallest absolute Gasteiger partial charge is 0.323 e. The molecule has 2 heterocycles. The van der Waals surface area contributed by atoms with Crippen LogP contribution in [0.4, 0.5) is 16.2 Å². The molecular formula is C19H18N6O. The summed E-state index contributed by atoms with van der Waals surface area (Å²) >= 11 is 0. The van der Waals surface area contributed by atoms with Crippen molar-refractivity contribution in [1.82, 2.24) is 20.2 Å². The Morgan fingerprint density at radius 2 is 1.81 bits per heavy atom. The molecule has 2 aromatic carbocycles. The number of aryl methyl sites for hydroxylation is 2. The van der Waals surface area contributed by atoms with E-state index in [4.69, 9.17) is 0 Å². The fraction of sp³-hybridized carbons (Fsp3) is 0.105. The first-order valence-electron chi connectivity index (χ1n) is 8.24. The van der Waals surface area contributed by atoms with Crippen LogP contribution in [-0.2, 0) is 0 Å². The van der Waals surface area contributed by atoms with E-state index in [0.29, 0.717) is 22.9 Å². The molecule has 0 aliphatic rings. The molecule has 0 saturated heterocycles. The fourth-order valence-corrected chi connectivity index (χ4v) is 2.75. The number of anilines is 2. The number of rotatable bonds is 3. The van der Waals surface area contributed by atoms with Crippen LogP contribution in [0.5, 0.6) is 0 Å². The lowest BCUT2D eigenvalue weighted by Crippen LogP contribution is -2.19. The Hall–Kier alpha value is -3.61. The van der Waals surface area contributed by atoms with Crippen molar-refractivity contribution in [3.05, 3.63) is 59.8 Å². The zero-order chi connectivity index (χ0) is 18.1. The van der Waals surface area contributed by atoms with E-state index in [1.165, 1.54) is 11.1 Å². The average Bonchev–Trinajstić information content (AvgIpc) is 3.22. The first-order valence-corrected chi connectivity index (χ1v) is 8.24. The SMILES string of the molecule is Cc1cc2nc(-c3n[nH]cc3NC(=O)Nc3ccccc3)[nH]c2cc1C. The molecule has 0 bridgehead atoms. The Morgan fingerprint density at radius 3 is 2.62 bits per heavy atom. The number of urea groups is 1. The maximum atomic E-state index is 12.2. The molecule has 0 atom stereocenters. The van der Waals surface area contributed by atoms with Gasteiger partial charge in [0.05, 0.1) is 16.7 Å². The number of hydrogen-bond acceptors (Lipinski definition) is 3. The molecule has 2 amide bonds. The third-order valence-electron chi connectivity index (χ3n) is 4.24. The van der Waals surface area contributed by atoms with E-state index in [1.807, 2.05) is 36.4 Å². The summed E-state index contributed by atoms with van der Waals surface area (Å²) in [5.74, 6) is 0.598. The molecule has 4 N–H and O–H groups in total. The summed E-state index contributed by atoms with van der Waals surface area (Å²) in [5.41, 5.74) is 5.99. The van der Waals surface area contributed by atoms with Crippen molar-refractivity contribution in [2.75, 3.05) is 10.6 Å². The molecule has 0 unspecified atom stereocenters. The first kappa shape index (κ1) is 15.9. The molecule has 4 rings (SSSR count). The number of nitrogens with one attached hydrogen (secondary N) is 4. The second-order valence-corrected chi connectivity index (χ2v) is 6.13. The lowest BCUT2D eigenvalue weighted by molar-refractivity contribution is 0.262. The van der Waals surface area contributed by atoms with Gasteiger partial charge in [0.15, 0.2) is 11.5 Å². The molecule has 0 spiro atoms. The Bertz CT molecular complexity index is 1040. The van der Waals surface area contributed by atoms with Gasteiger partial charge in [-0.15, -0.1) is 0 Å². The Labute approximate surface area is 149 Å². The number of amides is 2. The Kier molecular flexibility index (Phi) is 3.89.